The number of rotatable bonds is 4. The van der Waals surface area contributed by atoms with E-state index in [4.69, 9.17) is 0 Å². The van der Waals surface area contributed by atoms with Crippen LogP contribution in [0.1, 0.15) is 11.1 Å². The molecule has 0 aliphatic carbocycles. The predicted molar refractivity (Wildman–Crippen MR) is 101 cm³/mol. The molecule has 1 fully saturated rings. The zero-order chi connectivity index (χ0) is 19.6. The van der Waals surface area contributed by atoms with Crippen molar-refractivity contribution in [2.75, 3.05) is 46.0 Å². The van der Waals surface area contributed by atoms with Crippen molar-refractivity contribution >= 4 is 21.8 Å². The number of likely N-dealkylation sites (N-methyl/N-ethyl adjacent to an activating group) is 1. The molecule has 0 aromatic heterocycles. The van der Waals surface area contributed by atoms with E-state index in [2.05, 4.69) is 5.32 Å². The number of nitrogens with one attached hydrogen (secondary N) is 1. The van der Waals surface area contributed by atoms with Crippen LogP contribution in [0.3, 0.4) is 0 Å². The summed E-state index contributed by atoms with van der Waals surface area (Å²) in [5, 5.41) is 2.69. The first-order valence-corrected chi connectivity index (χ1v) is 10.9. The van der Waals surface area contributed by atoms with Gasteiger partial charge in [-0.15, -0.1) is 0 Å². The van der Waals surface area contributed by atoms with E-state index in [9.17, 15) is 18.0 Å². The quantitative estimate of drug-likeness (QED) is 0.727. The van der Waals surface area contributed by atoms with E-state index >= 15 is 0 Å². The highest BCUT2D eigenvalue weighted by atomic mass is 32.2. The second-order valence-electron chi connectivity index (χ2n) is 7.05. The Labute approximate surface area is 160 Å². The fraction of sp³-hybridized carbons (Fsp3) is 0.556. The number of nitrogens with zero attached hydrogens (tertiary/aromatic N) is 3. The molecule has 0 unspecified atom stereocenters. The summed E-state index contributed by atoms with van der Waals surface area (Å²) in [4.78, 5) is 28.7. The van der Waals surface area contributed by atoms with Crippen LogP contribution in [0.4, 0.5) is 0 Å². The van der Waals surface area contributed by atoms with Gasteiger partial charge < -0.3 is 10.2 Å². The van der Waals surface area contributed by atoms with Crippen molar-refractivity contribution in [2.45, 2.75) is 19.0 Å². The summed E-state index contributed by atoms with van der Waals surface area (Å²) in [6, 6.07) is 7.59. The third-order valence-electron chi connectivity index (χ3n) is 5.29. The van der Waals surface area contributed by atoms with Gasteiger partial charge in [0.25, 0.3) is 0 Å². The predicted octanol–water partition coefficient (Wildman–Crippen LogP) is -0.737. The smallest absolute Gasteiger partial charge is 0.237 e. The van der Waals surface area contributed by atoms with Crippen molar-refractivity contribution in [1.29, 1.82) is 0 Å². The van der Waals surface area contributed by atoms with Crippen LogP contribution in [0.15, 0.2) is 24.3 Å². The minimum atomic E-state index is -3.23. The minimum Gasteiger partial charge on any atom is -0.358 e. The first-order valence-electron chi connectivity index (χ1n) is 9.05. The van der Waals surface area contributed by atoms with E-state index in [0.29, 0.717) is 39.1 Å². The normalized spacial score (nSPS) is 21.6. The number of fused-ring (bicyclic) bond motifs is 1. The summed E-state index contributed by atoms with van der Waals surface area (Å²) >= 11 is 0. The Morgan fingerprint density at radius 2 is 1.74 bits per heavy atom. The van der Waals surface area contributed by atoms with Crippen LogP contribution in [0.2, 0.25) is 0 Å². The average molecular weight is 394 g/mol. The summed E-state index contributed by atoms with van der Waals surface area (Å²) in [5.74, 6) is -0.171. The Bertz CT molecular complexity index is 818. The second kappa shape index (κ2) is 7.95. The molecule has 2 aliphatic rings. The minimum absolute atomic E-state index is 0.0727. The molecule has 0 saturated carbocycles. The van der Waals surface area contributed by atoms with Crippen LogP contribution < -0.4 is 5.32 Å². The van der Waals surface area contributed by atoms with E-state index in [1.165, 1.54) is 10.6 Å². The molecular formula is C18H26N4O4S. The van der Waals surface area contributed by atoms with E-state index < -0.39 is 10.0 Å². The molecule has 0 radical (unpaired) electrons. The summed E-state index contributed by atoms with van der Waals surface area (Å²) in [6.45, 7) is 2.06. The molecule has 0 bridgehead atoms. The van der Waals surface area contributed by atoms with E-state index in [0.717, 1.165) is 11.1 Å². The molecule has 27 heavy (non-hydrogen) atoms. The van der Waals surface area contributed by atoms with E-state index in [1.807, 2.05) is 29.2 Å². The number of piperazine rings is 1. The van der Waals surface area contributed by atoms with Crippen LogP contribution in [-0.2, 0) is 32.6 Å². The maximum Gasteiger partial charge on any atom is 0.237 e. The fourth-order valence-electron chi connectivity index (χ4n) is 3.71. The van der Waals surface area contributed by atoms with Crippen molar-refractivity contribution in [2.24, 2.45) is 0 Å². The molecule has 148 valence electrons. The molecule has 2 aliphatic heterocycles. The average Bonchev–Trinajstić information content (AvgIpc) is 2.66. The van der Waals surface area contributed by atoms with Crippen LogP contribution >= 0.6 is 0 Å². The summed E-state index contributed by atoms with van der Waals surface area (Å²) < 4.78 is 24.6. The number of hydrogen-bond acceptors (Lipinski definition) is 5. The fourth-order valence-corrected chi connectivity index (χ4v) is 4.54. The van der Waals surface area contributed by atoms with Gasteiger partial charge in [0.2, 0.25) is 21.8 Å². The molecule has 1 aromatic rings. The molecule has 2 heterocycles. The van der Waals surface area contributed by atoms with Crippen LogP contribution in [0.25, 0.3) is 0 Å². The lowest BCUT2D eigenvalue weighted by Crippen LogP contribution is -2.55. The largest absolute Gasteiger partial charge is 0.358 e. The number of sulfonamides is 1. The highest BCUT2D eigenvalue weighted by Gasteiger charge is 2.34. The van der Waals surface area contributed by atoms with Crippen molar-refractivity contribution < 1.29 is 18.0 Å². The van der Waals surface area contributed by atoms with Gasteiger partial charge in [0, 0.05) is 39.8 Å². The molecule has 2 amide bonds. The Balaban J connectivity index is 1.68. The van der Waals surface area contributed by atoms with Crippen molar-refractivity contribution in [3.63, 3.8) is 0 Å². The lowest BCUT2D eigenvalue weighted by Gasteiger charge is -2.38. The van der Waals surface area contributed by atoms with Gasteiger partial charge in [0.1, 0.15) is 0 Å². The maximum absolute atomic E-state index is 12.8. The van der Waals surface area contributed by atoms with Gasteiger partial charge in [-0.05, 0) is 17.5 Å². The molecule has 3 rings (SSSR count). The SMILES string of the molecule is CNC(=O)[C@H]1Cc2ccccc2CN1CC(=O)N1CCN(S(C)(=O)=O)CC1. The van der Waals surface area contributed by atoms with Gasteiger partial charge in [-0.2, -0.15) is 4.31 Å². The molecule has 9 heteroatoms. The van der Waals surface area contributed by atoms with Crippen LogP contribution in [0, 0.1) is 0 Å². The lowest BCUT2D eigenvalue weighted by atomic mass is 9.93. The standard InChI is InChI=1S/C18H26N4O4S/c1-19-18(24)16-11-14-5-3-4-6-15(14)12-21(16)13-17(23)20-7-9-22(10-8-20)27(2,25)26/h3-6,16H,7-13H2,1-2H3,(H,19,24)/t16-/m1/s1. The van der Waals surface area contributed by atoms with Gasteiger partial charge in [-0.3, -0.25) is 14.5 Å². The number of hydrogen-bond donors (Lipinski definition) is 1. The van der Waals surface area contributed by atoms with Gasteiger partial charge in [-0.1, -0.05) is 24.3 Å². The maximum atomic E-state index is 12.8. The third-order valence-corrected chi connectivity index (χ3v) is 6.60. The van der Waals surface area contributed by atoms with Gasteiger partial charge in [0.05, 0.1) is 18.8 Å². The van der Waals surface area contributed by atoms with Crippen molar-refractivity contribution in [3.05, 3.63) is 35.4 Å². The second-order valence-corrected chi connectivity index (χ2v) is 9.03. The van der Waals surface area contributed by atoms with Gasteiger partial charge in [0.15, 0.2) is 0 Å². The Morgan fingerprint density at radius 3 is 2.33 bits per heavy atom. The highest BCUT2D eigenvalue weighted by molar-refractivity contribution is 7.88. The molecule has 0 spiro atoms. The Morgan fingerprint density at radius 1 is 1.11 bits per heavy atom. The van der Waals surface area contributed by atoms with Crippen molar-refractivity contribution in [1.82, 2.24) is 19.4 Å². The molecule has 1 saturated heterocycles. The Kier molecular flexibility index (Phi) is 5.83. The zero-order valence-corrected chi connectivity index (χ0v) is 16.5. The third kappa shape index (κ3) is 4.48. The Hall–Kier alpha value is -1.97. The summed E-state index contributed by atoms with van der Waals surface area (Å²) in [5.41, 5.74) is 2.27. The number of amides is 2. The van der Waals surface area contributed by atoms with Gasteiger partial charge >= 0.3 is 0 Å². The molecule has 1 atom stereocenters. The van der Waals surface area contributed by atoms with Crippen molar-refractivity contribution in [3.8, 4) is 0 Å². The molecule has 1 aromatic carbocycles. The molecule has 8 nitrogen and oxygen atoms in total. The molecular weight excluding hydrogens is 368 g/mol. The number of carbonyl (C=O) groups excluding carboxylic acids is 2. The first kappa shape index (κ1) is 19.8. The highest BCUT2D eigenvalue weighted by Crippen LogP contribution is 2.23. The van der Waals surface area contributed by atoms with E-state index in [1.54, 1.807) is 11.9 Å². The topological polar surface area (TPSA) is 90.0 Å². The van der Waals surface area contributed by atoms with E-state index in [-0.39, 0.29) is 24.4 Å². The number of carbonyl (C=O) groups is 2. The zero-order valence-electron chi connectivity index (χ0n) is 15.7. The van der Waals surface area contributed by atoms with Gasteiger partial charge in [-0.25, -0.2) is 8.42 Å². The van der Waals surface area contributed by atoms with Crippen LogP contribution in [0.5, 0.6) is 0 Å². The summed E-state index contributed by atoms with van der Waals surface area (Å²) in [7, 11) is -1.62. The lowest BCUT2D eigenvalue weighted by molar-refractivity contribution is -0.136. The summed E-state index contributed by atoms with van der Waals surface area (Å²) in [6.07, 6.45) is 1.76. The van der Waals surface area contributed by atoms with Crippen LogP contribution in [-0.4, -0.2) is 86.4 Å². The monoisotopic (exact) mass is 394 g/mol. The number of benzene rings is 1. The first-order chi connectivity index (χ1) is 12.8. The molecule has 1 N–H and O–H groups in total.